The number of aryl methyl sites for hydroxylation is 2. The molecule has 1 unspecified atom stereocenters. The number of rotatable bonds is 6. The fourth-order valence-electron chi connectivity index (χ4n) is 5.58. The predicted molar refractivity (Wildman–Crippen MR) is 152 cm³/mol. The summed E-state index contributed by atoms with van der Waals surface area (Å²) < 4.78 is 29.8. The van der Waals surface area contributed by atoms with E-state index < -0.39 is 27.3 Å². The molecule has 2 aliphatic rings. The van der Waals surface area contributed by atoms with Crippen LogP contribution >= 0.6 is 11.6 Å². The number of halogens is 1. The Bertz CT molecular complexity index is 1590. The highest BCUT2D eigenvalue weighted by Crippen LogP contribution is 2.43. The summed E-state index contributed by atoms with van der Waals surface area (Å²) in [5.41, 5.74) is 2.20. The van der Waals surface area contributed by atoms with Crippen LogP contribution in [0.3, 0.4) is 0 Å². The Morgan fingerprint density at radius 3 is 2.40 bits per heavy atom. The van der Waals surface area contributed by atoms with Crippen molar-refractivity contribution in [2.75, 3.05) is 19.3 Å². The van der Waals surface area contributed by atoms with E-state index in [1.807, 2.05) is 30.3 Å². The van der Waals surface area contributed by atoms with Crippen LogP contribution in [0.1, 0.15) is 41.9 Å². The molecule has 0 radical (unpaired) electrons. The lowest BCUT2D eigenvalue weighted by Gasteiger charge is -2.37. The number of ketones is 1. The van der Waals surface area contributed by atoms with Gasteiger partial charge in [-0.2, -0.15) is 0 Å². The van der Waals surface area contributed by atoms with Crippen LogP contribution in [0.25, 0.3) is 11.1 Å². The molecule has 0 aliphatic carbocycles. The summed E-state index contributed by atoms with van der Waals surface area (Å²) in [5, 5.41) is 0.298. The molecule has 3 aromatic carbocycles. The molecule has 2 heterocycles. The zero-order valence-corrected chi connectivity index (χ0v) is 23.9. The van der Waals surface area contributed by atoms with Crippen LogP contribution in [0.5, 0.6) is 0 Å². The Labute approximate surface area is 239 Å². The van der Waals surface area contributed by atoms with Gasteiger partial charge in [-0.1, -0.05) is 54.1 Å². The minimum Gasteiger partial charge on any atom is -0.450 e. The van der Waals surface area contributed by atoms with Crippen LogP contribution < -0.4 is 0 Å². The van der Waals surface area contributed by atoms with Gasteiger partial charge in [0.2, 0.25) is 5.91 Å². The SMILES string of the molecule is Cc1cc(-c2cccc(S(C)(=O)=O)c2)c(Cl)cc1C1C(=O)OC2(CCN(C(=O)CCc3ccccc3)CC2)C1=O. The van der Waals surface area contributed by atoms with Crippen molar-refractivity contribution < 1.29 is 27.5 Å². The third kappa shape index (κ3) is 5.43. The Morgan fingerprint density at radius 2 is 1.73 bits per heavy atom. The van der Waals surface area contributed by atoms with Crippen molar-refractivity contribution in [3.8, 4) is 11.1 Å². The maximum absolute atomic E-state index is 13.7. The van der Waals surface area contributed by atoms with Crippen molar-refractivity contribution in [2.45, 2.75) is 49.0 Å². The zero-order valence-electron chi connectivity index (χ0n) is 22.4. The summed E-state index contributed by atoms with van der Waals surface area (Å²) in [6, 6.07) is 19.6. The number of sulfone groups is 1. The molecule has 0 saturated carbocycles. The van der Waals surface area contributed by atoms with Crippen LogP contribution in [0.4, 0.5) is 0 Å². The molecule has 9 heteroatoms. The van der Waals surface area contributed by atoms with Gasteiger partial charge in [0, 0.05) is 49.2 Å². The first-order chi connectivity index (χ1) is 19.0. The van der Waals surface area contributed by atoms with E-state index in [9.17, 15) is 22.8 Å². The number of nitrogens with zero attached hydrogens (tertiary/aromatic N) is 1. The Morgan fingerprint density at radius 1 is 1.02 bits per heavy atom. The average molecular weight is 580 g/mol. The molecule has 3 aromatic rings. The minimum absolute atomic E-state index is 0.0187. The molecule has 0 aromatic heterocycles. The van der Waals surface area contributed by atoms with E-state index >= 15 is 0 Å². The topological polar surface area (TPSA) is 97.8 Å². The van der Waals surface area contributed by atoms with Crippen molar-refractivity contribution in [2.24, 2.45) is 0 Å². The van der Waals surface area contributed by atoms with E-state index in [4.69, 9.17) is 16.3 Å². The van der Waals surface area contributed by atoms with Crippen LogP contribution in [-0.4, -0.2) is 55.9 Å². The van der Waals surface area contributed by atoms with Gasteiger partial charge in [-0.3, -0.25) is 14.4 Å². The highest BCUT2D eigenvalue weighted by Gasteiger charge is 2.57. The molecule has 0 bridgehead atoms. The van der Waals surface area contributed by atoms with Gasteiger partial charge in [0.05, 0.1) is 4.90 Å². The quantitative estimate of drug-likeness (QED) is 0.304. The summed E-state index contributed by atoms with van der Waals surface area (Å²) in [6.07, 6.45) is 2.68. The summed E-state index contributed by atoms with van der Waals surface area (Å²) in [7, 11) is -3.41. The second kappa shape index (κ2) is 10.8. The second-order valence-electron chi connectivity index (χ2n) is 10.6. The van der Waals surface area contributed by atoms with Crippen LogP contribution in [0, 0.1) is 6.92 Å². The van der Waals surface area contributed by atoms with Crippen molar-refractivity contribution in [3.63, 3.8) is 0 Å². The molecule has 0 N–H and O–H groups in total. The first-order valence-electron chi connectivity index (χ1n) is 13.2. The number of hydrogen-bond donors (Lipinski definition) is 0. The number of esters is 1. The molecular weight excluding hydrogens is 550 g/mol. The van der Waals surface area contributed by atoms with Crippen molar-refractivity contribution in [1.82, 2.24) is 4.90 Å². The van der Waals surface area contributed by atoms with Gasteiger partial charge in [0.25, 0.3) is 0 Å². The van der Waals surface area contributed by atoms with Gasteiger partial charge < -0.3 is 9.64 Å². The highest BCUT2D eigenvalue weighted by molar-refractivity contribution is 7.90. The predicted octanol–water partition coefficient (Wildman–Crippen LogP) is 4.92. The molecule has 2 saturated heterocycles. The molecule has 2 aliphatic heterocycles. The zero-order chi connectivity index (χ0) is 28.7. The Balaban J connectivity index is 1.31. The lowest BCUT2D eigenvalue weighted by molar-refractivity contribution is -0.158. The monoisotopic (exact) mass is 579 g/mol. The van der Waals surface area contributed by atoms with Gasteiger partial charge in [0.15, 0.2) is 21.2 Å². The van der Waals surface area contributed by atoms with Crippen molar-refractivity contribution in [1.29, 1.82) is 0 Å². The molecule has 7 nitrogen and oxygen atoms in total. The van der Waals surface area contributed by atoms with Crippen molar-refractivity contribution >= 4 is 39.1 Å². The number of piperidine rings is 1. The third-order valence-electron chi connectivity index (χ3n) is 7.88. The maximum atomic E-state index is 13.7. The van der Waals surface area contributed by atoms with E-state index in [0.29, 0.717) is 53.2 Å². The molecular formula is C31H30ClNO6S. The molecule has 5 rings (SSSR count). The maximum Gasteiger partial charge on any atom is 0.322 e. The average Bonchev–Trinajstić information content (AvgIpc) is 3.17. The summed E-state index contributed by atoms with van der Waals surface area (Å²) >= 11 is 6.62. The lowest BCUT2D eigenvalue weighted by Crippen LogP contribution is -2.50. The third-order valence-corrected chi connectivity index (χ3v) is 9.30. The first kappa shape index (κ1) is 28.1. The normalized spacial score (nSPS) is 18.7. The number of carbonyl (C=O) groups excluding carboxylic acids is 3. The molecule has 1 amide bonds. The van der Waals surface area contributed by atoms with Gasteiger partial charge in [0.1, 0.15) is 5.92 Å². The van der Waals surface area contributed by atoms with E-state index in [0.717, 1.165) is 11.8 Å². The van der Waals surface area contributed by atoms with Crippen molar-refractivity contribution in [3.05, 3.63) is 88.4 Å². The molecule has 2 fully saturated rings. The standard InChI is InChI=1S/C31H30ClNO6S/c1-20-17-25(22-9-6-10-23(18-22)40(2,37)38)26(32)19-24(20)28-29(35)31(39-30(28)36)13-15-33(16-14-31)27(34)12-11-21-7-4-3-5-8-21/h3-10,17-19,28H,11-16H2,1-2H3. The summed E-state index contributed by atoms with van der Waals surface area (Å²) in [6.45, 7) is 2.47. The van der Waals surface area contributed by atoms with E-state index in [2.05, 4.69) is 0 Å². The fourth-order valence-corrected chi connectivity index (χ4v) is 6.53. The van der Waals surface area contributed by atoms with Gasteiger partial charge in [-0.25, -0.2) is 8.42 Å². The molecule has 208 valence electrons. The number of carbonyl (C=O) groups is 3. The second-order valence-corrected chi connectivity index (χ2v) is 13.0. The summed E-state index contributed by atoms with van der Waals surface area (Å²) in [4.78, 5) is 41.5. The molecule has 1 spiro atoms. The first-order valence-corrected chi connectivity index (χ1v) is 15.4. The van der Waals surface area contributed by atoms with Gasteiger partial charge in [-0.05, 0) is 59.9 Å². The smallest absolute Gasteiger partial charge is 0.322 e. The molecule has 1 atom stereocenters. The van der Waals surface area contributed by atoms with E-state index in [-0.39, 0.29) is 29.4 Å². The number of likely N-dealkylation sites (tertiary alicyclic amines) is 1. The van der Waals surface area contributed by atoms with E-state index in [1.54, 1.807) is 42.2 Å². The highest BCUT2D eigenvalue weighted by atomic mass is 35.5. The Kier molecular flexibility index (Phi) is 7.59. The number of amides is 1. The summed E-state index contributed by atoms with van der Waals surface area (Å²) in [5.74, 6) is -2.00. The fraction of sp³-hybridized carbons (Fsp3) is 0.323. The van der Waals surface area contributed by atoms with E-state index in [1.165, 1.54) is 6.07 Å². The molecule has 40 heavy (non-hydrogen) atoms. The van der Waals surface area contributed by atoms with Crippen LogP contribution in [0.15, 0.2) is 71.6 Å². The van der Waals surface area contributed by atoms with Crippen LogP contribution in [0.2, 0.25) is 5.02 Å². The number of Topliss-reactive ketones (excluding diaryl/α,β-unsaturated/α-hetero) is 1. The van der Waals surface area contributed by atoms with Gasteiger partial charge >= 0.3 is 5.97 Å². The van der Waals surface area contributed by atoms with Gasteiger partial charge in [-0.15, -0.1) is 0 Å². The number of hydrogen-bond acceptors (Lipinski definition) is 6. The lowest BCUT2D eigenvalue weighted by atomic mass is 9.80. The number of ether oxygens (including phenoxy) is 1. The number of benzene rings is 3. The minimum atomic E-state index is -3.41. The Hall–Kier alpha value is -3.49. The largest absolute Gasteiger partial charge is 0.450 e. The van der Waals surface area contributed by atoms with Crippen LogP contribution in [-0.2, 0) is 35.4 Å².